The Balaban J connectivity index is 1.82. The fourth-order valence-electron chi connectivity index (χ4n) is 5.80. The van der Waals surface area contributed by atoms with Crippen molar-refractivity contribution in [2.75, 3.05) is 0 Å². The molecule has 3 aliphatic rings. The maximum absolute atomic E-state index is 13.2. The van der Waals surface area contributed by atoms with Gasteiger partial charge >= 0.3 is 17.9 Å². The molecule has 0 N–H and O–H groups in total. The van der Waals surface area contributed by atoms with Crippen molar-refractivity contribution < 1.29 is 28.6 Å². The van der Waals surface area contributed by atoms with E-state index >= 15 is 0 Å². The van der Waals surface area contributed by atoms with Crippen LogP contribution >= 0.6 is 0 Å². The molecule has 5 atom stereocenters. The second-order valence-corrected chi connectivity index (χ2v) is 10.2. The van der Waals surface area contributed by atoms with Gasteiger partial charge in [-0.15, -0.1) is 0 Å². The van der Waals surface area contributed by atoms with Crippen molar-refractivity contribution in [1.82, 2.24) is 0 Å². The lowest BCUT2D eigenvalue weighted by atomic mass is 9.59. The first-order chi connectivity index (χ1) is 16.6. The van der Waals surface area contributed by atoms with Crippen LogP contribution < -0.4 is 0 Å². The number of allylic oxidation sites excluding steroid dienone is 2. The summed E-state index contributed by atoms with van der Waals surface area (Å²) in [5.41, 5.74) is 3.55. The van der Waals surface area contributed by atoms with E-state index in [9.17, 15) is 14.4 Å². The molecule has 0 saturated heterocycles. The minimum Gasteiger partial charge on any atom is -0.461 e. The van der Waals surface area contributed by atoms with Crippen LogP contribution in [0.4, 0.5) is 0 Å². The van der Waals surface area contributed by atoms with Crippen LogP contribution in [0.15, 0.2) is 64.8 Å². The predicted octanol–water partition coefficient (Wildman–Crippen LogP) is 5.49. The Labute approximate surface area is 207 Å². The smallest absolute Gasteiger partial charge is 0.338 e. The van der Waals surface area contributed by atoms with E-state index in [2.05, 4.69) is 19.9 Å². The Hall–Kier alpha value is -3.15. The summed E-state index contributed by atoms with van der Waals surface area (Å²) < 4.78 is 17.8. The number of carbonyl (C=O) groups is 3. The van der Waals surface area contributed by atoms with E-state index in [0.717, 1.165) is 16.7 Å². The summed E-state index contributed by atoms with van der Waals surface area (Å²) in [6.45, 7) is 9.36. The van der Waals surface area contributed by atoms with Crippen LogP contribution in [-0.4, -0.2) is 36.2 Å². The first kappa shape index (κ1) is 25.0. The summed E-state index contributed by atoms with van der Waals surface area (Å²) in [6.07, 6.45) is 5.07. The summed E-state index contributed by atoms with van der Waals surface area (Å²) >= 11 is 0. The van der Waals surface area contributed by atoms with E-state index in [1.165, 1.54) is 6.92 Å². The van der Waals surface area contributed by atoms with E-state index < -0.39 is 29.7 Å². The van der Waals surface area contributed by atoms with Gasteiger partial charge in [-0.25, -0.2) is 9.59 Å². The van der Waals surface area contributed by atoms with Crippen molar-refractivity contribution in [2.45, 2.75) is 78.6 Å². The van der Waals surface area contributed by atoms with E-state index in [0.29, 0.717) is 36.8 Å². The molecular weight excluding hydrogens is 444 g/mol. The number of ether oxygens (including phenoxy) is 3. The Kier molecular flexibility index (Phi) is 7.02. The lowest BCUT2D eigenvalue weighted by Crippen LogP contribution is -2.54. The lowest BCUT2D eigenvalue weighted by molar-refractivity contribution is -0.166. The molecule has 5 unspecified atom stereocenters. The molecule has 0 bridgehead atoms. The number of fused-ring (bicyclic) bond motifs is 2. The fourth-order valence-corrected chi connectivity index (χ4v) is 5.80. The molecule has 0 spiro atoms. The highest BCUT2D eigenvalue weighted by Gasteiger charge is 2.54. The van der Waals surface area contributed by atoms with Crippen LogP contribution in [0.1, 0.15) is 70.7 Å². The van der Waals surface area contributed by atoms with Crippen molar-refractivity contribution in [1.29, 1.82) is 0 Å². The molecule has 0 amide bonds. The Bertz CT molecular complexity index is 1110. The monoisotopic (exact) mass is 478 g/mol. The van der Waals surface area contributed by atoms with Crippen molar-refractivity contribution in [3.8, 4) is 0 Å². The van der Waals surface area contributed by atoms with Crippen LogP contribution in [0.2, 0.25) is 0 Å². The van der Waals surface area contributed by atoms with E-state index in [-0.39, 0.29) is 17.9 Å². The highest BCUT2D eigenvalue weighted by Crippen LogP contribution is 2.52. The molecule has 186 valence electrons. The van der Waals surface area contributed by atoms with Gasteiger partial charge in [-0.05, 0) is 69.7 Å². The average Bonchev–Trinajstić information content (AvgIpc) is 3.08. The van der Waals surface area contributed by atoms with Crippen LogP contribution in [0.3, 0.4) is 0 Å². The van der Waals surface area contributed by atoms with Crippen LogP contribution in [0, 0.1) is 11.3 Å². The highest BCUT2D eigenvalue weighted by atomic mass is 16.6. The van der Waals surface area contributed by atoms with Gasteiger partial charge in [-0.1, -0.05) is 42.3 Å². The largest absolute Gasteiger partial charge is 0.461 e. The van der Waals surface area contributed by atoms with Gasteiger partial charge in [0.05, 0.1) is 5.56 Å². The summed E-state index contributed by atoms with van der Waals surface area (Å²) in [5, 5.41) is 0. The number of carbonyl (C=O) groups excluding carboxylic acids is 3. The number of esters is 3. The molecule has 4 rings (SSSR count). The lowest BCUT2D eigenvalue weighted by Gasteiger charge is -2.50. The zero-order valence-electron chi connectivity index (χ0n) is 21.1. The number of benzene rings is 1. The first-order valence-electron chi connectivity index (χ1n) is 12.3. The third-order valence-corrected chi connectivity index (χ3v) is 7.94. The summed E-state index contributed by atoms with van der Waals surface area (Å²) in [6, 6.07) is 8.95. The molecule has 0 aromatic heterocycles. The average molecular weight is 479 g/mol. The molecule has 0 saturated carbocycles. The molecule has 1 aromatic carbocycles. The molecule has 6 nitrogen and oxygen atoms in total. The molecule has 35 heavy (non-hydrogen) atoms. The molecule has 0 fully saturated rings. The standard InChI is InChI=1S/C29H34O6/c1-17-11-13-26(35-28(32)21-9-7-6-8-10-21)29(5)23(18(2)12-14-25(29)33-20(4)30)16-22-19(3)27(31)34-24(22)15-17/h6-10,12,15,23-26H,11,13-14,16H2,1-5H3. The molecule has 6 heteroatoms. The van der Waals surface area contributed by atoms with Gasteiger partial charge in [0.25, 0.3) is 0 Å². The Morgan fingerprint density at radius 1 is 1.06 bits per heavy atom. The van der Waals surface area contributed by atoms with Gasteiger partial charge in [0.2, 0.25) is 0 Å². The van der Waals surface area contributed by atoms with Crippen molar-refractivity contribution in [3.05, 3.63) is 70.3 Å². The van der Waals surface area contributed by atoms with Crippen molar-refractivity contribution in [3.63, 3.8) is 0 Å². The predicted molar refractivity (Wildman–Crippen MR) is 131 cm³/mol. The van der Waals surface area contributed by atoms with Crippen LogP contribution in [0.5, 0.6) is 0 Å². The summed E-state index contributed by atoms with van der Waals surface area (Å²) in [5.74, 6) is -1.16. The number of rotatable bonds is 3. The zero-order valence-corrected chi connectivity index (χ0v) is 21.1. The maximum Gasteiger partial charge on any atom is 0.338 e. The fraction of sp³-hybridized carbons (Fsp3) is 0.483. The SMILES string of the molecule is CC(=O)OC1CC=C(C)C2CC3=C(C)C(=O)OC3C=C(C)CCC(OC(=O)c3ccccc3)C12C. The molecular formula is C29H34O6. The zero-order chi connectivity index (χ0) is 25.3. The van der Waals surface area contributed by atoms with Crippen LogP contribution in [0.25, 0.3) is 0 Å². The third kappa shape index (κ3) is 4.84. The summed E-state index contributed by atoms with van der Waals surface area (Å²) in [4.78, 5) is 37.8. The van der Waals surface area contributed by atoms with Gasteiger partial charge in [-0.2, -0.15) is 0 Å². The quantitative estimate of drug-likeness (QED) is 0.325. The van der Waals surface area contributed by atoms with Gasteiger partial charge in [0, 0.05) is 24.3 Å². The molecule has 2 aliphatic carbocycles. The minimum atomic E-state index is -0.698. The molecule has 1 heterocycles. The topological polar surface area (TPSA) is 78.9 Å². The second kappa shape index (κ2) is 9.84. The molecule has 0 radical (unpaired) electrons. The van der Waals surface area contributed by atoms with Gasteiger partial charge in [0.15, 0.2) is 0 Å². The minimum absolute atomic E-state index is 0.108. The normalized spacial score (nSPS) is 30.8. The first-order valence-corrected chi connectivity index (χ1v) is 12.3. The van der Waals surface area contributed by atoms with Gasteiger partial charge < -0.3 is 14.2 Å². The van der Waals surface area contributed by atoms with Crippen LogP contribution in [-0.2, 0) is 23.8 Å². The maximum atomic E-state index is 13.2. The van der Waals surface area contributed by atoms with E-state index in [1.807, 2.05) is 38.1 Å². The molecule has 1 aliphatic heterocycles. The summed E-state index contributed by atoms with van der Waals surface area (Å²) in [7, 11) is 0. The number of hydrogen-bond acceptors (Lipinski definition) is 6. The van der Waals surface area contributed by atoms with E-state index in [1.54, 1.807) is 12.1 Å². The van der Waals surface area contributed by atoms with Gasteiger partial charge in [-0.3, -0.25) is 4.79 Å². The third-order valence-electron chi connectivity index (χ3n) is 7.94. The highest BCUT2D eigenvalue weighted by molar-refractivity contribution is 5.92. The number of hydrogen-bond donors (Lipinski definition) is 0. The van der Waals surface area contributed by atoms with E-state index in [4.69, 9.17) is 14.2 Å². The van der Waals surface area contributed by atoms with Gasteiger partial charge in [0.1, 0.15) is 18.3 Å². The molecule has 1 aromatic rings. The Morgan fingerprint density at radius 3 is 2.46 bits per heavy atom. The van der Waals surface area contributed by atoms with Crippen molar-refractivity contribution >= 4 is 17.9 Å². The Morgan fingerprint density at radius 2 is 1.77 bits per heavy atom. The second-order valence-electron chi connectivity index (χ2n) is 10.2. The van der Waals surface area contributed by atoms with Crippen molar-refractivity contribution in [2.24, 2.45) is 11.3 Å².